The molecule has 0 fully saturated rings. The highest BCUT2D eigenvalue weighted by Crippen LogP contribution is 2.16. The summed E-state index contributed by atoms with van der Waals surface area (Å²) in [6, 6.07) is 0. The van der Waals surface area contributed by atoms with Crippen LogP contribution in [0.15, 0.2) is 6.20 Å². The lowest BCUT2D eigenvalue weighted by Gasteiger charge is -2.07. The number of thiazole rings is 1. The van der Waals surface area contributed by atoms with Crippen LogP contribution in [0.5, 0.6) is 0 Å². The van der Waals surface area contributed by atoms with Gasteiger partial charge in [-0.05, 0) is 14.1 Å². The Kier molecular flexibility index (Phi) is 4.92. The van der Waals surface area contributed by atoms with Crippen LogP contribution in [0, 0.1) is 11.8 Å². The molecule has 0 aromatic carbocycles. The Morgan fingerprint density at radius 3 is 3.06 bits per heavy atom. The van der Waals surface area contributed by atoms with Crippen molar-refractivity contribution in [2.75, 3.05) is 32.5 Å². The van der Waals surface area contributed by atoms with E-state index in [2.05, 4.69) is 22.1 Å². The van der Waals surface area contributed by atoms with E-state index in [-0.39, 0.29) is 5.91 Å². The van der Waals surface area contributed by atoms with Crippen molar-refractivity contribution >= 4 is 22.4 Å². The number of likely N-dealkylation sites (N-methyl/N-ethyl adjacent to an activating group) is 1. The summed E-state index contributed by atoms with van der Waals surface area (Å²) < 4.78 is 0. The van der Waals surface area contributed by atoms with Crippen molar-refractivity contribution in [1.82, 2.24) is 9.88 Å². The van der Waals surface area contributed by atoms with Crippen molar-refractivity contribution in [2.45, 2.75) is 0 Å². The second-order valence-electron chi connectivity index (χ2n) is 3.32. The van der Waals surface area contributed by atoms with Gasteiger partial charge in [-0.15, -0.1) is 0 Å². The number of carbonyl (C=O) groups is 1. The molecular weight excluding hydrogens is 224 g/mol. The van der Waals surface area contributed by atoms with Crippen LogP contribution in [-0.2, 0) is 4.79 Å². The van der Waals surface area contributed by atoms with E-state index in [4.69, 9.17) is 5.73 Å². The molecule has 1 aromatic heterocycles. The zero-order valence-corrected chi connectivity index (χ0v) is 10.1. The van der Waals surface area contributed by atoms with E-state index < -0.39 is 0 Å². The van der Waals surface area contributed by atoms with E-state index in [0.717, 1.165) is 4.88 Å². The summed E-state index contributed by atoms with van der Waals surface area (Å²) >= 11 is 1.34. The summed E-state index contributed by atoms with van der Waals surface area (Å²) in [7, 11) is 3.67. The molecule has 0 saturated carbocycles. The Morgan fingerprint density at radius 2 is 2.44 bits per heavy atom. The van der Waals surface area contributed by atoms with E-state index in [1.165, 1.54) is 11.3 Å². The molecule has 0 aliphatic carbocycles. The van der Waals surface area contributed by atoms with Crippen LogP contribution in [0.1, 0.15) is 4.88 Å². The second-order valence-corrected chi connectivity index (χ2v) is 4.35. The number of hydrogen-bond donors (Lipinski definition) is 2. The molecule has 16 heavy (non-hydrogen) atoms. The first kappa shape index (κ1) is 12.6. The van der Waals surface area contributed by atoms with Gasteiger partial charge in [0.15, 0.2) is 5.13 Å². The van der Waals surface area contributed by atoms with E-state index >= 15 is 0 Å². The van der Waals surface area contributed by atoms with Crippen LogP contribution in [0.25, 0.3) is 0 Å². The SMILES string of the molecule is CN(C)CC(=O)Nc1ncc(C#CCN)s1. The first-order valence-electron chi connectivity index (χ1n) is 4.71. The number of aromatic nitrogens is 1. The molecule has 0 atom stereocenters. The molecule has 1 aromatic rings. The number of amides is 1. The Balaban J connectivity index is 2.55. The van der Waals surface area contributed by atoms with Gasteiger partial charge >= 0.3 is 0 Å². The van der Waals surface area contributed by atoms with Crippen molar-refractivity contribution in [1.29, 1.82) is 0 Å². The topological polar surface area (TPSA) is 71.2 Å². The molecule has 0 unspecified atom stereocenters. The summed E-state index contributed by atoms with van der Waals surface area (Å²) in [5, 5.41) is 3.26. The maximum atomic E-state index is 11.4. The lowest BCUT2D eigenvalue weighted by atomic mass is 10.5. The lowest BCUT2D eigenvalue weighted by molar-refractivity contribution is -0.116. The number of hydrogen-bond acceptors (Lipinski definition) is 5. The predicted octanol–water partition coefficient (Wildman–Crippen LogP) is -0.0466. The van der Waals surface area contributed by atoms with Crippen molar-refractivity contribution in [2.24, 2.45) is 5.73 Å². The second kappa shape index (κ2) is 6.23. The molecule has 0 bridgehead atoms. The number of nitrogens with one attached hydrogen (secondary N) is 1. The van der Waals surface area contributed by atoms with Gasteiger partial charge in [0.1, 0.15) is 0 Å². The zero-order chi connectivity index (χ0) is 12.0. The zero-order valence-electron chi connectivity index (χ0n) is 9.28. The fraction of sp³-hybridized carbons (Fsp3) is 0.400. The fourth-order valence-corrected chi connectivity index (χ4v) is 1.68. The minimum absolute atomic E-state index is 0.0855. The molecule has 0 aliphatic rings. The third kappa shape index (κ3) is 4.40. The van der Waals surface area contributed by atoms with Gasteiger partial charge in [-0.1, -0.05) is 23.2 Å². The predicted molar refractivity (Wildman–Crippen MR) is 65.2 cm³/mol. The van der Waals surface area contributed by atoms with Crippen molar-refractivity contribution < 1.29 is 4.79 Å². The molecule has 0 aliphatic heterocycles. The Bertz CT molecular complexity index is 416. The lowest BCUT2D eigenvalue weighted by Crippen LogP contribution is -2.26. The number of anilines is 1. The van der Waals surface area contributed by atoms with Crippen LogP contribution < -0.4 is 11.1 Å². The van der Waals surface area contributed by atoms with E-state index in [9.17, 15) is 4.79 Å². The minimum Gasteiger partial charge on any atom is -0.320 e. The molecule has 6 heteroatoms. The largest absolute Gasteiger partial charge is 0.320 e. The highest BCUT2D eigenvalue weighted by Gasteiger charge is 2.06. The van der Waals surface area contributed by atoms with Gasteiger partial charge in [-0.3, -0.25) is 4.79 Å². The maximum absolute atomic E-state index is 11.4. The Hall–Kier alpha value is -1.42. The Morgan fingerprint density at radius 1 is 1.69 bits per heavy atom. The molecule has 86 valence electrons. The average Bonchev–Trinajstić information content (AvgIpc) is 2.61. The quantitative estimate of drug-likeness (QED) is 0.725. The number of rotatable bonds is 3. The molecule has 0 spiro atoms. The summed E-state index contributed by atoms with van der Waals surface area (Å²) in [5.41, 5.74) is 5.25. The van der Waals surface area contributed by atoms with Crippen LogP contribution in [-0.4, -0.2) is 43.0 Å². The van der Waals surface area contributed by atoms with Crippen molar-refractivity contribution in [3.05, 3.63) is 11.1 Å². The van der Waals surface area contributed by atoms with Crippen LogP contribution in [0.3, 0.4) is 0 Å². The van der Waals surface area contributed by atoms with Gasteiger partial charge in [0.2, 0.25) is 5.91 Å². The monoisotopic (exact) mass is 238 g/mol. The summed E-state index contributed by atoms with van der Waals surface area (Å²) in [5.74, 6) is 5.50. The fourth-order valence-electron chi connectivity index (χ4n) is 0.974. The molecule has 5 nitrogen and oxygen atoms in total. The van der Waals surface area contributed by atoms with Crippen molar-refractivity contribution in [3.8, 4) is 11.8 Å². The standard InChI is InChI=1S/C10H14N4OS/c1-14(2)7-9(15)13-10-12-6-8(16-10)4-3-5-11/h6H,5,7,11H2,1-2H3,(H,12,13,15). The van der Waals surface area contributed by atoms with Gasteiger partial charge in [0, 0.05) is 0 Å². The molecule has 3 N–H and O–H groups in total. The number of carbonyl (C=O) groups excluding carboxylic acids is 1. The van der Waals surface area contributed by atoms with Gasteiger partial charge in [-0.25, -0.2) is 4.98 Å². The first-order chi connectivity index (χ1) is 7.61. The highest BCUT2D eigenvalue weighted by atomic mass is 32.1. The summed E-state index contributed by atoms with van der Waals surface area (Å²) in [6.45, 7) is 0.656. The summed E-state index contributed by atoms with van der Waals surface area (Å²) in [4.78, 5) is 18.0. The highest BCUT2D eigenvalue weighted by molar-refractivity contribution is 7.16. The van der Waals surface area contributed by atoms with Gasteiger partial charge in [0.05, 0.1) is 24.2 Å². The normalized spacial score (nSPS) is 9.75. The number of nitrogens with zero attached hydrogens (tertiary/aromatic N) is 2. The van der Waals surface area contributed by atoms with Crippen LogP contribution in [0.4, 0.5) is 5.13 Å². The Labute approximate surface area is 98.7 Å². The molecule has 1 amide bonds. The van der Waals surface area contributed by atoms with E-state index in [1.54, 1.807) is 11.1 Å². The number of nitrogens with two attached hydrogens (primary N) is 1. The van der Waals surface area contributed by atoms with Crippen LogP contribution in [0.2, 0.25) is 0 Å². The molecule has 1 heterocycles. The summed E-state index contributed by atoms with van der Waals surface area (Å²) in [6.07, 6.45) is 1.62. The van der Waals surface area contributed by atoms with E-state index in [1.807, 2.05) is 14.1 Å². The first-order valence-corrected chi connectivity index (χ1v) is 5.53. The van der Waals surface area contributed by atoms with Gasteiger partial charge < -0.3 is 16.0 Å². The average molecular weight is 238 g/mol. The van der Waals surface area contributed by atoms with Gasteiger partial charge in [0.25, 0.3) is 0 Å². The third-order valence-electron chi connectivity index (χ3n) is 1.53. The minimum atomic E-state index is -0.0855. The van der Waals surface area contributed by atoms with Crippen LogP contribution >= 0.6 is 11.3 Å². The maximum Gasteiger partial charge on any atom is 0.240 e. The third-order valence-corrected chi connectivity index (χ3v) is 2.35. The molecule has 0 radical (unpaired) electrons. The molecule has 0 saturated heterocycles. The molecular formula is C10H14N4OS. The van der Waals surface area contributed by atoms with Gasteiger partial charge in [-0.2, -0.15) is 0 Å². The molecule has 1 rings (SSSR count). The van der Waals surface area contributed by atoms with Crippen molar-refractivity contribution in [3.63, 3.8) is 0 Å². The van der Waals surface area contributed by atoms with E-state index in [0.29, 0.717) is 18.2 Å². The smallest absolute Gasteiger partial charge is 0.240 e.